The Morgan fingerprint density at radius 2 is 2.11 bits per heavy atom. The van der Waals surface area contributed by atoms with Crippen molar-refractivity contribution in [3.63, 3.8) is 0 Å². The first-order valence-corrected chi connectivity index (χ1v) is 6.98. The van der Waals surface area contributed by atoms with Gasteiger partial charge in [0.2, 0.25) is 16.9 Å². The molecule has 0 spiro atoms. The maximum atomic E-state index is 11.8. The van der Waals surface area contributed by atoms with Crippen LogP contribution in [0.1, 0.15) is 17.8 Å². The third-order valence-electron chi connectivity index (χ3n) is 3.13. The van der Waals surface area contributed by atoms with E-state index in [1.165, 1.54) is 11.3 Å². The van der Waals surface area contributed by atoms with Crippen LogP contribution in [0.15, 0.2) is 0 Å². The van der Waals surface area contributed by atoms with Gasteiger partial charge in [0.15, 0.2) is 0 Å². The van der Waals surface area contributed by atoms with Crippen LogP contribution >= 0.6 is 11.3 Å². The van der Waals surface area contributed by atoms with Crippen LogP contribution in [0.4, 0.5) is 5.13 Å². The van der Waals surface area contributed by atoms with Crippen molar-refractivity contribution in [2.45, 2.75) is 19.8 Å². The van der Waals surface area contributed by atoms with Crippen molar-refractivity contribution < 1.29 is 9.59 Å². The first-order valence-electron chi connectivity index (χ1n) is 6.16. The van der Waals surface area contributed by atoms with E-state index in [1.807, 2.05) is 11.8 Å². The molecule has 7 nitrogen and oxygen atoms in total. The smallest absolute Gasteiger partial charge is 0.240 e. The predicted octanol–water partition coefficient (Wildman–Crippen LogP) is -0.0177. The van der Waals surface area contributed by atoms with E-state index in [9.17, 15) is 9.59 Å². The van der Waals surface area contributed by atoms with E-state index in [-0.39, 0.29) is 17.7 Å². The largest absolute Gasteiger partial charge is 0.369 e. The molecule has 0 aromatic carbocycles. The molecule has 1 aromatic heterocycles. The van der Waals surface area contributed by atoms with E-state index in [0.717, 1.165) is 30.9 Å². The highest BCUT2D eigenvalue weighted by Gasteiger charge is 2.24. The number of nitrogens with zero attached hydrogens (tertiary/aromatic N) is 3. The summed E-state index contributed by atoms with van der Waals surface area (Å²) in [7, 11) is 0. The molecular weight excluding hydrogens is 266 g/mol. The number of primary amides is 1. The van der Waals surface area contributed by atoms with Crippen LogP contribution in [0, 0.1) is 12.8 Å². The number of rotatable bonds is 4. The number of hydrogen-bond donors (Lipinski definition) is 2. The number of hydrogen-bond acceptors (Lipinski definition) is 6. The Labute approximate surface area is 115 Å². The Morgan fingerprint density at radius 3 is 2.63 bits per heavy atom. The monoisotopic (exact) mass is 283 g/mol. The SMILES string of the molecule is Cc1nnc(NC(=O)CN2CCC(C(N)=O)CC2)s1. The highest BCUT2D eigenvalue weighted by Crippen LogP contribution is 2.17. The Kier molecular flexibility index (Phi) is 4.43. The van der Waals surface area contributed by atoms with Crippen LogP contribution in [0.25, 0.3) is 0 Å². The molecule has 8 heteroatoms. The third-order valence-corrected chi connectivity index (χ3v) is 3.88. The first-order chi connectivity index (χ1) is 9.04. The van der Waals surface area contributed by atoms with Gasteiger partial charge in [-0.3, -0.25) is 19.8 Å². The molecule has 2 heterocycles. The van der Waals surface area contributed by atoms with Gasteiger partial charge in [0.1, 0.15) is 5.01 Å². The zero-order valence-electron chi connectivity index (χ0n) is 10.8. The zero-order valence-corrected chi connectivity index (χ0v) is 11.6. The van der Waals surface area contributed by atoms with E-state index in [4.69, 9.17) is 5.73 Å². The summed E-state index contributed by atoms with van der Waals surface area (Å²) in [6.07, 6.45) is 1.45. The van der Waals surface area contributed by atoms with Gasteiger partial charge < -0.3 is 5.73 Å². The Balaban J connectivity index is 1.76. The van der Waals surface area contributed by atoms with Gasteiger partial charge in [-0.05, 0) is 32.9 Å². The van der Waals surface area contributed by atoms with Crippen molar-refractivity contribution in [2.75, 3.05) is 25.0 Å². The van der Waals surface area contributed by atoms with Gasteiger partial charge in [0, 0.05) is 5.92 Å². The first kappa shape index (κ1) is 13.9. The number of nitrogens with two attached hydrogens (primary N) is 1. The van der Waals surface area contributed by atoms with Gasteiger partial charge in [0.05, 0.1) is 6.54 Å². The lowest BCUT2D eigenvalue weighted by Gasteiger charge is -2.29. The fourth-order valence-corrected chi connectivity index (χ4v) is 2.69. The topological polar surface area (TPSA) is 101 Å². The standard InChI is InChI=1S/C11H17N5O2S/c1-7-14-15-11(19-7)13-9(17)6-16-4-2-8(3-5-16)10(12)18/h8H,2-6H2,1H3,(H2,12,18)(H,13,15,17). The normalized spacial score (nSPS) is 17.3. The van der Waals surface area contributed by atoms with Gasteiger partial charge in [-0.25, -0.2) is 0 Å². The summed E-state index contributed by atoms with van der Waals surface area (Å²) in [5.41, 5.74) is 5.27. The fourth-order valence-electron chi connectivity index (χ4n) is 2.08. The summed E-state index contributed by atoms with van der Waals surface area (Å²) in [6.45, 7) is 3.58. The lowest BCUT2D eigenvalue weighted by molar-refractivity contribution is -0.123. The van der Waals surface area contributed by atoms with Crippen LogP contribution in [0.3, 0.4) is 0 Å². The Bertz CT molecular complexity index is 467. The van der Waals surface area contributed by atoms with Crippen molar-refractivity contribution in [3.8, 4) is 0 Å². The summed E-state index contributed by atoms with van der Waals surface area (Å²) in [6, 6.07) is 0. The average molecular weight is 283 g/mol. The van der Waals surface area contributed by atoms with E-state index in [0.29, 0.717) is 11.7 Å². The molecule has 1 saturated heterocycles. The van der Waals surface area contributed by atoms with Gasteiger partial charge >= 0.3 is 0 Å². The van der Waals surface area contributed by atoms with Crippen molar-refractivity contribution in [1.29, 1.82) is 0 Å². The van der Waals surface area contributed by atoms with Crippen molar-refractivity contribution in [1.82, 2.24) is 15.1 Å². The molecule has 0 atom stereocenters. The Morgan fingerprint density at radius 1 is 1.42 bits per heavy atom. The molecule has 2 rings (SSSR count). The summed E-state index contributed by atoms with van der Waals surface area (Å²) in [5.74, 6) is -0.396. The minimum absolute atomic E-state index is 0.0508. The van der Waals surface area contributed by atoms with Gasteiger partial charge in [0.25, 0.3) is 0 Å². The number of carbonyl (C=O) groups is 2. The molecule has 104 valence electrons. The second-order valence-corrected chi connectivity index (χ2v) is 5.81. The van der Waals surface area contributed by atoms with E-state index < -0.39 is 0 Å². The maximum Gasteiger partial charge on any atom is 0.240 e. The molecule has 0 aliphatic carbocycles. The number of piperidine rings is 1. The number of nitrogens with one attached hydrogen (secondary N) is 1. The number of anilines is 1. The number of aryl methyl sites for hydroxylation is 1. The van der Waals surface area contributed by atoms with Gasteiger partial charge in [-0.15, -0.1) is 10.2 Å². The second-order valence-electron chi connectivity index (χ2n) is 4.63. The molecule has 0 unspecified atom stereocenters. The number of likely N-dealkylation sites (tertiary alicyclic amines) is 1. The lowest BCUT2D eigenvalue weighted by atomic mass is 9.96. The summed E-state index contributed by atoms with van der Waals surface area (Å²) in [4.78, 5) is 24.9. The molecule has 1 aliphatic rings. The molecule has 1 aliphatic heterocycles. The average Bonchev–Trinajstić information content (AvgIpc) is 2.75. The highest BCUT2D eigenvalue weighted by atomic mass is 32.1. The van der Waals surface area contributed by atoms with E-state index in [2.05, 4.69) is 15.5 Å². The number of carbonyl (C=O) groups excluding carboxylic acids is 2. The molecule has 1 aromatic rings. The number of aromatic nitrogens is 2. The van der Waals surface area contributed by atoms with Crippen LogP contribution < -0.4 is 11.1 Å². The van der Waals surface area contributed by atoms with Crippen molar-refractivity contribution >= 4 is 28.3 Å². The van der Waals surface area contributed by atoms with Crippen molar-refractivity contribution in [3.05, 3.63) is 5.01 Å². The molecule has 3 N–H and O–H groups in total. The molecular formula is C11H17N5O2S. The molecule has 1 fully saturated rings. The van der Waals surface area contributed by atoms with E-state index in [1.54, 1.807) is 0 Å². The van der Waals surface area contributed by atoms with Gasteiger partial charge in [-0.1, -0.05) is 11.3 Å². The molecule has 0 bridgehead atoms. The molecule has 0 radical (unpaired) electrons. The highest BCUT2D eigenvalue weighted by molar-refractivity contribution is 7.15. The summed E-state index contributed by atoms with van der Waals surface area (Å²) >= 11 is 1.35. The quantitative estimate of drug-likeness (QED) is 0.809. The maximum absolute atomic E-state index is 11.8. The number of amides is 2. The molecule has 0 saturated carbocycles. The van der Waals surface area contributed by atoms with Crippen molar-refractivity contribution in [2.24, 2.45) is 11.7 Å². The van der Waals surface area contributed by atoms with Crippen LogP contribution in [0.2, 0.25) is 0 Å². The summed E-state index contributed by atoms with van der Waals surface area (Å²) < 4.78 is 0. The predicted molar refractivity (Wildman–Crippen MR) is 71.6 cm³/mol. The van der Waals surface area contributed by atoms with Crippen LogP contribution in [0.5, 0.6) is 0 Å². The molecule has 19 heavy (non-hydrogen) atoms. The second kappa shape index (κ2) is 6.07. The molecule has 2 amide bonds. The van der Waals surface area contributed by atoms with E-state index >= 15 is 0 Å². The Hall–Kier alpha value is -1.54. The van der Waals surface area contributed by atoms with Crippen LogP contribution in [-0.2, 0) is 9.59 Å². The minimum Gasteiger partial charge on any atom is -0.369 e. The third kappa shape index (κ3) is 3.97. The fraction of sp³-hybridized carbons (Fsp3) is 0.636. The minimum atomic E-state index is -0.242. The lowest BCUT2D eigenvalue weighted by Crippen LogP contribution is -2.42. The van der Waals surface area contributed by atoms with Gasteiger partial charge in [-0.2, -0.15) is 0 Å². The van der Waals surface area contributed by atoms with Crippen LogP contribution in [-0.4, -0.2) is 46.5 Å². The summed E-state index contributed by atoms with van der Waals surface area (Å²) in [5, 5.41) is 11.7. The zero-order chi connectivity index (χ0) is 13.8.